The van der Waals surface area contributed by atoms with Gasteiger partial charge in [-0.1, -0.05) is 11.6 Å². The summed E-state index contributed by atoms with van der Waals surface area (Å²) in [6, 6.07) is 8.91. The molecule has 0 amide bonds. The number of nitrogens with zero attached hydrogens (tertiary/aromatic N) is 3. The lowest BCUT2D eigenvalue weighted by atomic mass is 10.0. The first-order valence-electron chi connectivity index (χ1n) is 5.35. The third kappa shape index (κ3) is 1.88. The Labute approximate surface area is 113 Å². The molecule has 5 nitrogen and oxygen atoms in total. The van der Waals surface area contributed by atoms with Crippen molar-refractivity contribution in [1.82, 2.24) is 10.2 Å². The lowest BCUT2D eigenvalue weighted by Gasteiger charge is -2.06. The highest BCUT2D eigenvalue weighted by atomic mass is 35.5. The van der Waals surface area contributed by atoms with Crippen molar-refractivity contribution in [2.45, 2.75) is 0 Å². The summed E-state index contributed by atoms with van der Waals surface area (Å²) in [7, 11) is 0. The third-order valence-corrected chi connectivity index (χ3v) is 2.83. The van der Waals surface area contributed by atoms with Crippen LogP contribution >= 0.6 is 11.6 Å². The van der Waals surface area contributed by atoms with Crippen molar-refractivity contribution >= 4 is 11.6 Å². The minimum atomic E-state index is 0.0317. The Balaban J connectivity index is 2.35. The minimum Gasteiger partial charge on any atom is -0.464 e. The average Bonchev–Trinajstić information content (AvgIpc) is 3.11. The van der Waals surface area contributed by atoms with Crippen LogP contribution in [0.15, 0.2) is 45.6 Å². The Bertz CT molecular complexity index is 743. The number of furan rings is 2. The molecule has 0 aliphatic heterocycles. The predicted octanol–water partition coefficient (Wildman–Crippen LogP) is 3.52. The minimum absolute atomic E-state index is 0.0317. The molecule has 6 heteroatoms. The number of nitriles is 1. The van der Waals surface area contributed by atoms with Crippen LogP contribution in [0.5, 0.6) is 0 Å². The Morgan fingerprint density at radius 3 is 2.32 bits per heavy atom. The molecule has 0 atom stereocenters. The van der Waals surface area contributed by atoms with Crippen molar-refractivity contribution in [3.05, 3.63) is 47.5 Å². The molecule has 0 bridgehead atoms. The molecule has 92 valence electrons. The van der Waals surface area contributed by atoms with E-state index < -0.39 is 0 Å². The highest BCUT2D eigenvalue weighted by molar-refractivity contribution is 6.31. The molecule has 0 aromatic carbocycles. The van der Waals surface area contributed by atoms with E-state index in [1.807, 2.05) is 6.07 Å². The smallest absolute Gasteiger partial charge is 0.170 e. The van der Waals surface area contributed by atoms with Crippen molar-refractivity contribution in [1.29, 1.82) is 5.26 Å². The van der Waals surface area contributed by atoms with E-state index in [0.29, 0.717) is 22.8 Å². The van der Waals surface area contributed by atoms with E-state index in [1.165, 1.54) is 12.5 Å². The molecule has 3 heterocycles. The predicted molar refractivity (Wildman–Crippen MR) is 67.2 cm³/mol. The van der Waals surface area contributed by atoms with E-state index in [0.717, 1.165) is 0 Å². The Morgan fingerprint density at radius 2 is 1.74 bits per heavy atom. The zero-order chi connectivity index (χ0) is 13.2. The number of aromatic nitrogens is 2. The SMILES string of the molecule is N#Cc1c(Cl)nnc(-c2ccco2)c1-c1ccco1. The molecule has 3 aromatic rings. The van der Waals surface area contributed by atoms with Gasteiger partial charge in [0, 0.05) is 0 Å². The Kier molecular flexibility index (Phi) is 2.78. The van der Waals surface area contributed by atoms with E-state index in [2.05, 4.69) is 10.2 Å². The third-order valence-electron chi connectivity index (χ3n) is 2.56. The van der Waals surface area contributed by atoms with Crippen molar-refractivity contribution in [2.75, 3.05) is 0 Å². The number of hydrogen-bond donors (Lipinski definition) is 0. The van der Waals surface area contributed by atoms with Gasteiger partial charge in [-0.3, -0.25) is 0 Å². The molecule has 0 unspecified atom stereocenters. The first-order valence-corrected chi connectivity index (χ1v) is 5.73. The van der Waals surface area contributed by atoms with Gasteiger partial charge in [-0.15, -0.1) is 10.2 Å². The summed E-state index contributed by atoms with van der Waals surface area (Å²) in [6.07, 6.45) is 3.03. The maximum Gasteiger partial charge on any atom is 0.170 e. The molecule has 3 rings (SSSR count). The van der Waals surface area contributed by atoms with Crippen LogP contribution < -0.4 is 0 Å². The second-order valence-electron chi connectivity index (χ2n) is 3.66. The van der Waals surface area contributed by atoms with Crippen LogP contribution in [0.4, 0.5) is 0 Å². The highest BCUT2D eigenvalue weighted by Gasteiger charge is 2.21. The van der Waals surface area contributed by atoms with Crippen LogP contribution in [0.3, 0.4) is 0 Å². The zero-order valence-corrected chi connectivity index (χ0v) is 10.3. The van der Waals surface area contributed by atoms with Gasteiger partial charge in [0.2, 0.25) is 0 Å². The largest absolute Gasteiger partial charge is 0.464 e. The normalized spacial score (nSPS) is 10.3. The summed E-state index contributed by atoms with van der Waals surface area (Å²) in [5, 5.41) is 17.0. The number of rotatable bonds is 2. The quantitative estimate of drug-likeness (QED) is 0.713. The van der Waals surface area contributed by atoms with E-state index in [-0.39, 0.29) is 10.7 Å². The summed E-state index contributed by atoms with van der Waals surface area (Å²) in [6.45, 7) is 0. The number of hydrogen-bond acceptors (Lipinski definition) is 5. The summed E-state index contributed by atoms with van der Waals surface area (Å²) >= 11 is 5.91. The van der Waals surface area contributed by atoms with Gasteiger partial charge in [-0.05, 0) is 24.3 Å². The van der Waals surface area contributed by atoms with Gasteiger partial charge in [0.15, 0.2) is 10.9 Å². The molecule has 0 N–H and O–H groups in total. The second kappa shape index (κ2) is 4.59. The van der Waals surface area contributed by atoms with Crippen molar-refractivity contribution in [3.63, 3.8) is 0 Å². The summed E-state index contributed by atoms with van der Waals surface area (Å²) in [4.78, 5) is 0. The van der Waals surface area contributed by atoms with Gasteiger partial charge < -0.3 is 8.83 Å². The van der Waals surface area contributed by atoms with Crippen LogP contribution in [0.2, 0.25) is 5.15 Å². The van der Waals surface area contributed by atoms with Gasteiger partial charge in [-0.25, -0.2) is 0 Å². The summed E-state index contributed by atoms with van der Waals surface area (Å²) in [5.74, 6) is 0.979. The number of halogens is 1. The Morgan fingerprint density at radius 1 is 1.05 bits per heavy atom. The first kappa shape index (κ1) is 11.5. The van der Waals surface area contributed by atoms with Gasteiger partial charge in [-0.2, -0.15) is 5.26 Å². The molecule has 0 aliphatic carbocycles. The molecule has 0 aliphatic rings. The molecule has 0 saturated carbocycles. The molecule has 0 radical (unpaired) electrons. The average molecular weight is 272 g/mol. The van der Waals surface area contributed by atoms with Crippen molar-refractivity contribution in [2.24, 2.45) is 0 Å². The van der Waals surface area contributed by atoms with Crippen LogP contribution in [0, 0.1) is 11.3 Å². The maximum atomic E-state index is 9.25. The monoisotopic (exact) mass is 271 g/mol. The van der Waals surface area contributed by atoms with Crippen LogP contribution in [-0.2, 0) is 0 Å². The standard InChI is InChI=1S/C13H6ClN3O2/c14-13-8(7-15)11(9-3-1-5-18-9)12(16-17-13)10-4-2-6-19-10/h1-6H. The van der Waals surface area contributed by atoms with E-state index in [4.69, 9.17) is 20.4 Å². The highest BCUT2D eigenvalue weighted by Crippen LogP contribution is 2.35. The lowest BCUT2D eigenvalue weighted by molar-refractivity contribution is 0.572. The molecule has 0 spiro atoms. The molecular formula is C13H6ClN3O2. The topological polar surface area (TPSA) is 75.8 Å². The molecule has 3 aromatic heterocycles. The summed E-state index contributed by atoms with van der Waals surface area (Å²) in [5.41, 5.74) is 1.10. The van der Waals surface area contributed by atoms with Gasteiger partial charge in [0.05, 0.1) is 18.1 Å². The van der Waals surface area contributed by atoms with Gasteiger partial charge >= 0.3 is 0 Å². The van der Waals surface area contributed by atoms with Crippen molar-refractivity contribution in [3.8, 4) is 28.8 Å². The summed E-state index contributed by atoms with van der Waals surface area (Å²) < 4.78 is 10.6. The maximum absolute atomic E-state index is 9.25. The van der Waals surface area contributed by atoms with Crippen LogP contribution in [0.25, 0.3) is 22.8 Å². The van der Waals surface area contributed by atoms with Crippen LogP contribution in [-0.4, -0.2) is 10.2 Å². The molecular weight excluding hydrogens is 266 g/mol. The van der Waals surface area contributed by atoms with E-state index in [1.54, 1.807) is 24.3 Å². The van der Waals surface area contributed by atoms with Gasteiger partial charge in [0.25, 0.3) is 0 Å². The zero-order valence-electron chi connectivity index (χ0n) is 9.50. The van der Waals surface area contributed by atoms with E-state index >= 15 is 0 Å². The van der Waals surface area contributed by atoms with Crippen LogP contribution in [0.1, 0.15) is 5.56 Å². The molecule has 19 heavy (non-hydrogen) atoms. The lowest BCUT2D eigenvalue weighted by Crippen LogP contribution is -1.96. The Hall–Kier alpha value is -2.58. The molecule has 0 fully saturated rings. The second-order valence-corrected chi connectivity index (χ2v) is 4.01. The van der Waals surface area contributed by atoms with Gasteiger partial charge in [0.1, 0.15) is 23.1 Å². The van der Waals surface area contributed by atoms with Crippen molar-refractivity contribution < 1.29 is 8.83 Å². The fourth-order valence-electron chi connectivity index (χ4n) is 1.76. The fraction of sp³-hybridized carbons (Fsp3) is 0. The van der Waals surface area contributed by atoms with E-state index in [9.17, 15) is 5.26 Å². The first-order chi connectivity index (χ1) is 9.31. The molecule has 0 saturated heterocycles. The fourth-order valence-corrected chi connectivity index (χ4v) is 1.94.